The van der Waals surface area contributed by atoms with E-state index in [4.69, 9.17) is 0 Å². The summed E-state index contributed by atoms with van der Waals surface area (Å²) in [4.78, 5) is 1.42. The van der Waals surface area contributed by atoms with Crippen molar-refractivity contribution in [3.63, 3.8) is 0 Å². The zero-order chi connectivity index (χ0) is 11.1. The first-order valence-corrected chi connectivity index (χ1v) is 7.58. The number of benzene rings is 1. The molecule has 1 aromatic rings. The van der Waals surface area contributed by atoms with Crippen molar-refractivity contribution in [1.82, 2.24) is 0 Å². The Morgan fingerprint density at radius 3 is 2.87 bits per heavy atom. The van der Waals surface area contributed by atoms with Crippen LogP contribution in [0.2, 0.25) is 0 Å². The third-order valence-electron chi connectivity index (χ3n) is 2.27. The van der Waals surface area contributed by atoms with E-state index >= 15 is 0 Å². The highest BCUT2D eigenvalue weighted by molar-refractivity contribution is 7.99. The standard InChI is InChI=1S/C10H13NO2S2/c1-7-6-14-10-5-8(15(2,12)13)3-4-9(10)11-7/h3-5,7,11H,6H2,1-2H3. The fraction of sp³-hybridized carbons (Fsp3) is 0.400. The van der Waals surface area contributed by atoms with Gasteiger partial charge in [0.05, 0.1) is 4.90 Å². The average Bonchev–Trinajstić information content (AvgIpc) is 2.15. The average molecular weight is 243 g/mol. The minimum atomic E-state index is -3.09. The van der Waals surface area contributed by atoms with Gasteiger partial charge in [-0.2, -0.15) is 0 Å². The molecular formula is C10H13NO2S2. The number of anilines is 1. The van der Waals surface area contributed by atoms with Crippen molar-refractivity contribution < 1.29 is 8.42 Å². The number of fused-ring (bicyclic) bond motifs is 1. The first kappa shape index (κ1) is 10.8. The molecule has 1 N–H and O–H groups in total. The van der Waals surface area contributed by atoms with E-state index in [-0.39, 0.29) is 0 Å². The molecule has 1 aliphatic rings. The molecule has 0 radical (unpaired) electrons. The lowest BCUT2D eigenvalue weighted by Gasteiger charge is -2.23. The summed E-state index contributed by atoms with van der Waals surface area (Å²) in [6.45, 7) is 2.11. The van der Waals surface area contributed by atoms with Gasteiger partial charge in [0.25, 0.3) is 0 Å². The van der Waals surface area contributed by atoms with Gasteiger partial charge in [0.15, 0.2) is 9.84 Å². The van der Waals surface area contributed by atoms with Gasteiger partial charge < -0.3 is 5.32 Å². The topological polar surface area (TPSA) is 46.2 Å². The second-order valence-electron chi connectivity index (χ2n) is 3.79. The number of nitrogens with one attached hydrogen (secondary N) is 1. The quantitative estimate of drug-likeness (QED) is 0.819. The molecule has 0 bridgehead atoms. The second kappa shape index (κ2) is 3.72. The number of hydrogen-bond acceptors (Lipinski definition) is 4. The molecule has 1 heterocycles. The predicted octanol–water partition coefficient (Wildman–Crippen LogP) is 2.00. The molecule has 1 unspecified atom stereocenters. The van der Waals surface area contributed by atoms with Gasteiger partial charge in [-0.3, -0.25) is 0 Å². The molecule has 82 valence electrons. The van der Waals surface area contributed by atoms with E-state index in [2.05, 4.69) is 12.2 Å². The zero-order valence-electron chi connectivity index (χ0n) is 8.65. The molecule has 0 spiro atoms. The van der Waals surface area contributed by atoms with Crippen LogP contribution in [-0.4, -0.2) is 26.5 Å². The highest BCUT2D eigenvalue weighted by Crippen LogP contribution is 2.34. The second-order valence-corrected chi connectivity index (χ2v) is 6.86. The minimum Gasteiger partial charge on any atom is -0.381 e. The lowest BCUT2D eigenvalue weighted by molar-refractivity contribution is 0.601. The van der Waals surface area contributed by atoms with Crippen LogP contribution in [0.1, 0.15) is 6.92 Å². The third-order valence-corrected chi connectivity index (χ3v) is 4.70. The number of hydrogen-bond donors (Lipinski definition) is 1. The molecule has 5 heteroatoms. The summed E-state index contributed by atoms with van der Waals surface area (Å²) in [5.74, 6) is 0.972. The van der Waals surface area contributed by atoms with E-state index in [1.54, 1.807) is 23.9 Å². The van der Waals surface area contributed by atoms with Gasteiger partial charge >= 0.3 is 0 Å². The lowest BCUT2D eigenvalue weighted by Crippen LogP contribution is -2.22. The van der Waals surface area contributed by atoms with Crippen LogP contribution in [0, 0.1) is 0 Å². The lowest BCUT2D eigenvalue weighted by atomic mass is 10.3. The third kappa shape index (κ3) is 2.29. The van der Waals surface area contributed by atoms with Crippen LogP contribution < -0.4 is 5.32 Å². The molecule has 1 aliphatic heterocycles. The summed E-state index contributed by atoms with van der Waals surface area (Å²) in [6.07, 6.45) is 1.23. The number of thioether (sulfide) groups is 1. The zero-order valence-corrected chi connectivity index (χ0v) is 10.3. The molecule has 0 saturated heterocycles. The van der Waals surface area contributed by atoms with E-state index in [1.165, 1.54) is 6.26 Å². The van der Waals surface area contributed by atoms with Crippen molar-refractivity contribution in [2.75, 3.05) is 17.3 Å². The molecule has 3 nitrogen and oxygen atoms in total. The van der Waals surface area contributed by atoms with E-state index in [1.807, 2.05) is 6.07 Å². The molecule has 2 rings (SSSR count). The SMILES string of the molecule is CC1CSc2cc(S(C)(=O)=O)ccc2N1. The molecule has 0 fully saturated rings. The predicted molar refractivity (Wildman–Crippen MR) is 63.4 cm³/mol. The summed E-state index contributed by atoms with van der Waals surface area (Å²) in [6, 6.07) is 5.68. The van der Waals surface area contributed by atoms with Gasteiger partial charge in [0.1, 0.15) is 0 Å². The molecule has 1 aromatic carbocycles. The highest BCUT2D eigenvalue weighted by Gasteiger charge is 2.17. The highest BCUT2D eigenvalue weighted by atomic mass is 32.2. The van der Waals surface area contributed by atoms with Crippen LogP contribution in [0.25, 0.3) is 0 Å². The normalized spacial score (nSPS) is 20.5. The Bertz CT molecular complexity index is 482. The van der Waals surface area contributed by atoms with Crippen molar-refractivity contribution in [3.05, 3.63) is 18.2 Å². The van der Waals surface area contributed by atoms with Gasteiger partial charge in [0, 0.05) is 28.6 Å². The van der Waals surface area contributed by atoms with E-state index in [0.29, 0.717) is 10.9 Å². The van der Waals surface area contributed by atoms with E-state index < -0.39 is 9.84 Å². The first-order chi connectivity index (χ1) is 6.97. The summed E-state index contributed by atoms with van der Waals surface area (Å²) in [7, 11) is -3.09. The molecule has 0 amide bonds. The Morgan fingerprint density at radius 2 is 2.20 bits per heavy atom. The smallest absolute Gasteiger partial charge is 0.175 e. The Morgan fingerprint density at radius 1 is 1.47 bits per heavy atom. The van der Waals surface area contributed by atoms with Crippen molar-refractivity contribution in [2.45, 2.75) is 22.8 Å². The van der Waals surface area contributed by atoms with Gasteiger partial charge in [-0.25, -0.2) is 8.42 Å². The van der Waals surface area contributed by atoms with Gasteiger partial charge in [-0.05, 0) is 25.1 Å². The maximum atomic E-state index is 11.4. The summed E-state index contributed by atoms with van der Waals surface area (Å²) in [5, 5.41) is 3.32. The summed E-state index contributed by atoms with van der Waals surface area (Å²) >= 11 is 1.70. The first-order valence-electron chi connectivity index (χ1n) is 4.70. The number of sulfone groups is 1. The van der Waals surface area contributed by atoms with E-state index in [9.17, 15) is 8.42 Å². The Balaban J connectivity index is 2.44. The summed E-state index contributed by atoms with van der Waals surface area (Å²) in [5.41, 5.74) is 1.03. The largest absolute Gasteiger partial charge is 0.381 e. The van der Waals surface area contributed by atoms with Crippen molar-refractivity contribution in [2.24, 2.45) is 0 Å². The molecule has 0 aliphatic carbocycles. The van der Waals surface area contributed by atoms with Crippen LogP contribution in [0.3, 0.4) is 0 Å². The molecule has 15 heavy (non-hydrogen) atoms. The van der Waals surface area contributed by atoms with Gasteiger partial charge in [-0.15, -0.1) is 11.8 Å². The van der Waals surface area contributed by atoms with Crippen molar-refractivity contribution in [3.8, 4) is 0 Å². The minimum absolute atomic E-state index is 0.394. The fourth-order valence-electron chi connectivity index (χ4n) is 1.49. The van der Waals surface area contributed by atoms with E-state index in [0.717, 1.165) is 16.3 Å². The Labute approximate surface area is 94.2 Å². The molecule has 0 aromatic heterocycles. The molecular weight excluding hydrogens is 230 g/mol. The molecule has 1 atom stereocenters. The monoisotopic (exact) mass is 243 g/mol. The van der Waals surface area contributed by atoms with Crippen LogP contribution in [-0.2, 0) is 9.84 Å². The van der Waals surface area contributed by atoms with Crippen LogP contribution >= 0.6 is 11.8 Å². The van der Waals surface area contributed by atoms with Crippen LogP contribution in [0.4, 0.5) is 5.69 Å². The van der Waals surface area contributed by atoms with Crippen LogP contribution in [0.5, 0.6) is 0 Å². The maximum absolute atomic E-state index is 11.4. The van der Waals surface area contributed by atoms with Crippen molar-refractivity contribution >= 4 is 27.3 Å². The van der Waals surface area contributed by atoms with Gasteiger partial charge in [0.2, 0.25) is 0 Å². The Kier molecular flexibility index (Phi) is 2.68. The molecule has 0 saturated carbocycles. The van der Waals surface area contributed by atoms with Crippen LogP contribution in [0.15, 0.2) is 28.0 Å². The summed E-state index contributed by atoms with van der Waals surface area (Å²) < 4.78 is 22.7. The number of rotatable bonds is 1. The maximum Gasteiger partial charge on any atom is 0.175 e. The van der Waals surface area contributed by atoms with Crippen molar-refractivity contribution in [1.29, 1.82) is 0 Å². The Hall–Kier alpha value is -0.680. The fourth-order valence-corrected chi connectivity index (χ4v) is 3.22. The van der Waals surface area contributed by atoms with Gasteiger partial charge in [-0.1, -0.05) is 0 Å².